The van der Waals surface area contributed by atoms with Gasteiger partial charge in [-0.3, -0.25) is 38.4 Å². The first-order chi connectivity index (χ1) is 39.4. The summed E-state index contributed by atoms with van der Waals surface area (Å²) in [5.74, 6) is -3.84. The third-order valence-corrected chi connectivity index (χ3v) is 16.2. The van der Waals surface area contributed by atoms with Crippen molar-refractivity contribution >= 4 is 52.7 Å². The zero-order valence-electron chi connectivity index (χ0n) is 49.9. The fraction of sp³-hybridized carbons (Fsp3) is 0.633. The molecule has 0 saturated carbocycles. The van der Waals surface area contributed by atoms with Crippen LogP contribution in [0.2, 0.25) is 0 Å². The highest BCUT2D eigenvalue weighted by molar-refractivity contribution is 7.09. The maximum absolute atomic E-state index is 14.7. The summed E-state index contributed by atoms with van der Waals surface area (Å²) >= 11 is 1.48. The maximum Gasteiger partial charge on any atom is 0.285 e. The Hall–Kier alpha value is -5.72. The fourth-order valence-corrected chi connectivity index (χ4v) is 11.4. The number of carbonyl (C=O) groups is 7. The minimum absolute atomic E-state index is 0.0181. The number of carbonyl (C=O) groups excluding carboxylic acids is 7. The first kappa shape index (κ1) is 67.1. The predicted octanol–water partition coefficient (Wildman–Crippen LogP) is 5.77. The Morgan fingerprint density at radius 1 is 0.732 bits per heavy atom. The van der Waals surface area contributed by atoms with Gasteiger partial charge in [0, 0.05) is 46.4 Å². The second kappa shape index (κ2) is 34.2. The van der Waals surface area contributed by atoms with Crippen LogP contribution >= 0.6 is 11.3 Å². The Bertz CT molecular complexity index is 2450. The zero-order valence-corrected chi connectivity index (χ0v) is 50.7. The fourth-order valence-electron chi connectivity index (χ4n) is 10.7. The Morgan fingerprint density at radius 2 is 1.32 bits per heavy atom. The molecule has 2 N–H and O–H groups in total. The molecule has 454 valence electrons. The van der Waals surface area contributed by atoms with E-state index in [1.165, 1.54) is 16.2 Å². The monoisotopic (exact) mass is 1160 g/mol. The van der Waals surface area contributed by atoms with E-state index in [4.69, 9.17) is 33.3 Å². The van der Waals surface area contributed by atoms with Crippen molar-refractivity contribution in [2.75, 3.05) is 94.3 Å². The second-order valence-electron chi connectivity index (χ2n) is 21.6. The van der Waals surface area contributed by atoms with Gasteiger partial charge in [0.25, 0.3) is 11.8 Å². The van der Waals surface area contributed by atoms with Crippen molar-refractivity contribution in [2.24, 2.45) is 23.7 Å². The minimum atomic E-state index is -0.961. The molecule has 21 nitrogen and oxygen atoms in total. The number of imide groups is 1. The number of likely N-dealkylation sites (N-methyl/N-ethyl adjacent to an activating group) is 2. The van der Waals surface area contributed by atoms with Crippen molar-refractivity contribution in [1.29, 1.82) is 0 Å². The molecular formula is C60H89N7O14S. The molecule has 22 heteroatoms. The van der Waals surface area contributed by atoms with Crippen LogP contribution in [0.4, 0.5) is 0 Å². The molecule has 2 aliphatic heterocycles. The number of nitrogens with one attached hydrogen (secondary N) is 2. The van der Waals surface area contributed by atoms with Crippen molar-refractivity contribution in [3.63, 3.8) is 0 Å². The van der Waals surface area contributed by atoms with Gasteiger partial charge in [0.1, 0.15) is 17.1 Å². The van der Waals surface area contributed by atoms with E-state index in [9.17, 15) is 33.6 Å². The molecule has 82 heavy (non-hydrogen) atoms. The van der Waals surface area contributed by atoms with Gasteiger partial charge in [-0.15, -0.1) is 16.4 Å². The summed E-state index contributed by atoms with van der Waals surface area (Å²) in [7, 11) is 6.38. The van der Waals surface area contributed by atoms with Crippen LogP contribution < -0.4 is 10.6 Å². The Morgan fingerprint density at radius 3 is 1.85 bits per heavy atom. The van der Waals surface area contributed by atoms with Gasteiger partial charge >= 0.3 is 0 Å². The van der Waals surface area contributed by atoms with E-state index in [2.05, 4.69) is 15.6 Å². The highest BCUT2D eigenvalue weighted by Crippen LogP contribution is 2.31. The summed E-state index contributed by atoms with van der Waals surface area (Å²) in [6, 6.07) is 13.3. The normalized spacial score (nSPS) is 17.3. The molecule has 0 aliphatic carbocycles. The number of ether oxygens (including phenoxy) is 6. The molecule has 1 aromatic heterocycles. The van der Waals surface area contributed by atoms with Crippen molar-refractivity contribution in [1.82, 2.24) is 35.4 Å². The highest BCUT2D eigenvalue weighted by Gasteiger charge is 2.44. The van der Waals surface area contributed by atoms with Crippen molar-refractivity contribution in [2.45, 2.75) is 129 Å². The number of benzene rings is 2. The molecule has 7 amide bonds. The van der Waals surface area contributed by atoms with E-state index in [0.29, 0.717) is 56.8 Å². The number of nitrogens with zero attached hydrogens (tertiary/aromatic N) is 5. The highest BCUT2D eigenvalue weighted by atomic mass is 32.1. The lowest BCUT2D eigenvalue weighted by atomic mass is 9.89. The summed E-state index contributed by atoms with van der Waals surface area (Å²) in [6.07, 6.45) is 3.02. The third kappa shape index (κ3) is 18.6. The molecule has 0 unspecified atom stereocenters. The van der Waals surface area contributed by atoms with Gasteiger partial charge in [0.2, 0.25) is 29.5 Å². The molecule has 9 atom stereocenters. The molecule has 0 radical (unpaired) electrons. The predicted molar refractivity (Wildman–Crippen MR) is 308 cm³/mol. The minimum Gasteiger partial charge on any atom is -0.379 e. The lowest BCUT2D eigenvalue weighted by Crippen LogP contribution is -2.60. The molecule has 3 heterocycles. The van der Waals surface area contributed by atoms with Crippen LogP contribution in [0, 0.1) is 23.7 Å². The van der Waals surface area contributed by atoms with Crippen LogP contribution in [0.1, 0.15) is 118 Å². The van der Waals surface area contributed by atoms with Crippen molar-refractivity contribution < 1.29 is 66.8 Å². The molecule has 0 bridgehead atoms. The Balaban J connectivity index is 1.05. The van der Waals surface area contributed by atoms with Gasteiger partial charge in [-0.05, 0) is 54.7 Å². The molecule has 1 saturated heterocycles. The van der Waals surface area contributed by atoms with E-state index >= 15 is 0 Å². The van der Waals surface area contributed by atoms with E-state index in [-0.39, 0.29) is 106 Å². The van der Waals surface area contributed by atoms with Gasteiger partial charge in [0.15, 0.2) is 0 Å². The maximum atomic E-state index is 14.7. The average Bonchev–Trinajstić information content (AvgIpc) is 4.12. The lowest BCUT2D eigenvalue weighted by molar-refractivity contribution is -0.148. The van der Waals surface area contributed by atoms with Crippen LogP contribution in [-0.2, 0) is 63.7 Å². The van der Waals surface area contributed by atoms with E-state index in [1.54, 1.807) is 68.6 Å². The molecule has 5 rings (SSSR count). The first-order valence-corrected chi connectivity index (χ1v) is 29.6. The molecule has 3 aromatic rings. The summed E-state index contributed by atoms with van der Waals surface area (Å²) in [6.45, 7) is 15.7. The molecular weight excluding hydrogens is 1070 g/mol. The number of fused-ring (bicyclic) bond motifs is 1. The number of hydrogen-bond acceptors (Lipinski definition) is 16. The van der Waals surface area contributed by atoms with Gasteiger partial charge in [-0.1, -0.05) is 97.4 Å². The largest absolute Gasteiger partial charge is 0.379 e. The molecule has 2 aliphatic rings. The van der Waals surface area contributed by atoms with E-state index < -0.39 is 54.0 Å². The summed E-state index contributed by atoms with van der Waals surface area (Å²) in [4.78, 5) is 110. The SMILES string of the molecule is CC[C@H](C)[C@@H]([C@@H](CC(=O)N1CCC[C@H]1[C@H](OC)[C@@H](C)C(=O)N[C@@H](Cc1ccccc1)c1nccs1)OC)N(C)C(=O)[C@@H](NC(=O)[C@H](C(C)C)N(C)C(=O)CCOCCOCCOCCOCCON1C(=O)c2ccccc2C1=O)C(C)C. The first-order valence-electron chi connectivity index (χ1n) is 28.7. The zero-order chi connectivity index (χ0) is 59.9. The second-order valence-corrected chi connectivity index (χ2v) is 22.5. The quantitative estimate of drug-likeness (QED) is 0.0515. The summed E-state index contributed by atoms with van der Waals surface area (Å²) in [5, 5.41) is 9.67. The van der Waals surface area contributed by atoms with E-state index in [0.717, 1.165) is 22.1 Å². The average molecular weight is 1160 g/mol. The topological polar surface area (TPSA) is 234 Å². The van der Waals surface area contributed by atoms with Crippen LogP contribution in [0.3, 0.4) is 0 Å². The van der Waals surface area contributed by atoms with E-state index in [1.807, 2.05) is 84.2 Å². The van der Waals surface area contributed by atoms with Crippen LogP contribution in [0.15, 0.2) is 66.2 Å². The van der Waals surface area contributed by atoms with Gasteiger partial charge in [-0.2, -0.15) is 0 Å². The van der Waals surface area contributed by atoms with Gasteiger partial charge < -0.3 is 53.8 Å². The van der Waals surface area contributed by atoms with Crippen LogP contribution in [0.25, 0.3) is 0 Å². The van der Waals surface area contributed by atoms with Crippen molar-refractivity contribution in [3.8, 4) is 0 Å². The molecule has 1 fully saturated rings. The Kier molecular flexibility index (Phi) is 27.9. The van der Waals surface area contributed by atoms with Crippen LogP contribution in [-0.4, -0.2) is 197 Å². The smallest absolute Gasteiger partial charge is 0.285 e. The van der Waals surface area contributed by atoms with Crippen molar-refractivity contribution in [3.05, 3.63) is 87.9 Å². The number of methoxy groups -OCH3 is 2. The lowest BCUT2D eigenvalue weighted by Gasteiger charge is -2.41. The number of hydroxylamine groups is 2. The van der Waals surface area contributed by atoms with Crippen LogP contribution in [0.5, 0.6) is 0 Å². The summed E-state index contributed by atoms with van der Waals surface area (Å²) in [5.41, 5.74) is 1.68. The number of hydrogen-bond donors (Lipinski definition) is 2. The van der Waals surface area contributed by atoms with Gasteiger partial charge in [-0.25, -0.2) is 4.98 Å². The summed E-state index contributed by atoms with van der Waals surface area (Å²) < 4.78 is 34.4. The Labute approximate surface area is 488 Å². The van der Waals surface area contributed by atoms with Gasteiger partial charge in [0.05, 0.1) is 120 Å². The number of amides is 7. The number of aromatic nitrogens is 1. The number of likely N-dealkylation sites (tertiary alicyclic amines) is 1. The number of rotatable bonds is 37. The molecule has 0 spiro atoms. The standard InChI is InChI=1S/C60H89N7O14S/c1-12-41(6)53(48(75-10)38-50(69)66-26-18-23-47(66)54(76-11)42(7)55(70)62-46(57-61-25-36-82-57)37-43-19-14-13-15-20-43)65(9)60(74)51(39(2)3)63-56(71)52(40(4)5)64(8)49(68)24-27-77-28-29-78-30-31-79-32-33-80-34-35-81-67-58(72)44-21-16-17-22-45(44)59(67)73/h13-17,19-22,25,36,39-42,46-48,51-54H,12,18,23-24,26-35,37-38H2,1-11H3,(H,62,70)(H,63,71)/t41-,42+,46-,47-,48+,51-,52-,53-,54+/m0/s1. The molecule has 2 aromatic carbocycles. The third-order valence-electron chi connectivity index (χ3n) is 15.3. The number of thiazole rings is 1.